The van der Waals surface area contributed by atoms with Gasteiger partial charge in [-0.25, -0.2) is 4.98 Å². The van der Waals surface area contributed by atoms with E-state index in [-0.39, 0.29) is 24.8 Å². The van der Waals surface area contributed by atoms with Crippen LogP contribution in [0.15, 0.2) is 17.3 Å². The second kappa shape index (κ2) is 6.29. The summed E-state index contributed by atoms with van der Waals surface area (Å²) in [7, 11) is 0. The zero-order valence-electron chi connectivity index (χ0n) is 11.5. The maximum Gasteiger partial charge on any atom is 0.325 e. The molecular weight excluding hydrogens is 262 g/mol. The molecule has 2 aromatic heterocycles. The SMILES string of the molecule is CCN(CC)CC(=O)OC[n+]1cc2c(=O)[nH]cnc2[nH]1. The highest BCUT2D eigenvalue weighted by Gasteiger charge is 2.14. The summed E-state index contributed by atoms with van der Waals surface area (Å²) in [5.41, 5.74) is 0.216. The van der Waals surface area contributed by atoms with Gasteiger partial charge in [0.15, 0.2) is 5.39 Å². The number of H-pyrrole nitrogens is 2. The van der Waals surface area contributed by atoms with E-state index in [1.165, 1.54) is 11.0 Å². The van der Waals surface area contributed by atoms with Gasteiger partial charge in [0.25, 0.3) is 5.56 Å². The Balaban J connectivity index is 1.97. The number of nitrogens with zero attached hydrogens (tertiary/aromatic N) is 3. The van der Waals surface area contributed by atoms with Crippen molar-refractivity contribution in [2.75, 3.05) is 19.6 Å². The number of esters is 1. The van der Waals surface area contributed by atoms with Gasteiger partial charge in [-0.3, -0.25) is 14.5 Å². The second-order valence-corrected chi connectivity index (χ2v) is 4.31. The fourth-order valence-electron chi connectivity index (χ4n) is 1.83. The smallest absolute Gasteiger partial charge is 0.325 e. The summed E-state index contributed by atoms with van der Waals surface area (Å²) in [5, 5.41) is 3.29. The van der Waals surface area contributed by atoms with E-state index in [0.29, 0.717) is 11.0 Å². The number of nitrogens with one attached hydrogen (secondary N) is 2. The van der Waals surface area contributed by atoms with Crippen LogP contribution in [0.5, 0.6) is 0 Å². The average molecular weight is 280 g/mol. The Morgan fingerprint density at radius 1 is 1.45 bits per heavy atom. The lowest BCUT2D eigenvalue weighted by molar-refractivity contribution is -0.775. The number of aromatic nitrogens is 4. The second-order valence-electron chi connectivity index (χ2n) is 4.31. The predicted octanol–water partition coefficient (Wildman–Crippen LogP) is -0.619. The lowest BCUT2D eigenvalue weighted by atomic mass is 10.4. The first-order valence-electron chi connectivity index (χ1n) is 6.47. The van der Waals surface area contributed by atoms with Crippen LogP contribution in [0.2, 0.25) is 0 Å². The lowest BCUT2D eigenvalue weighted by Crippen LogP contribution is -2.39. The van der Waals surface area contributed by atoms with Gasteiger partial charge in [-0.1, -0.05) is 18.5 Å². The van der Waals surface area contributed by atoms with Crippen LogP contribution in [0, 0.1) is 0 Å². The van der Waals surface area contributed by atoms with E-state index >= 15 is 0 Å². The molecule has 0 aromatic carbocycles. The molecule has 0 spiro atoms. The largest absolute Gasteiger partial charge is 0.402 e. The van der Waals surface area contributed by atoms with Crippen LogP contribution >= 0.6 is 0 Å². The quantitative estimate of drug-likeness (QED) is 0.543. The minimum Gasteiger partial charge on any atom is -0.402 e. The van der Waals surface area contributed by atoms with Gasteiger partial charge in [0.05, 0.1) is 12.9 Å². The first-order chi connectivity index (χ1) is 9.63. The number of aromatic amines is 2. The Bertz CT molecular complexity index is 644. The molecule has 0 atom stereocenters. The summed E-state index contributed by atoms with van der Waals surface area (Å²) < 4.78 is 6.65. The first-order valence-corrected chi connectivity index (χ1v) is 6.47. The summed E-state index contributed by atoms with van der Waals surface area (Å²) in [6.07, 6.45) is 2.88. The Kier molecular flexibility index (Phi) is 4.46. The normalized spacial score (nSPS) is 11.2. The van der Waals surface area contributed by atoms with Crippen LogP contribution in [0.3, 0.4) is 0 Å². The van der Waals surface area contributed by atoms with Crippen LogP contribution in [0.25, 0.3) is 11.0 Å². The van der Waals surface area contributed by atoms with Crippen molar-refractivity contribution in [1.29, 1.82) is 0 Å². The molecule has 8 nitrogen and oxygen atoms in total. The van der Waals surface area contributed by atoms with E-state index in [0.717, 1.165) is 13.1 Å². The monoisotopic (exact) mass is 280 g/mol. The van der Waals surface area contributed by atoms with Gasteiger partial charge in [-0.2, -0.15) is 0 Å². The fourth-order valence-corrected chi connectivity index (χ4v) is 1.83. The van der Waals surface area contributed by atoms with Crippen molar-refractivity contribution >= 4 is 17.0 Å². The highest BCUT2D eigenvalue weighted by molar-refractivity contribution is 5.71. The van der Waals surface area contributed by atoms with E-state index in [4.69, 9.17) is 4.74 Å². The molecule has 2 rings (SSSR count). The molecule has 0 amide bonds. The van der Waals surface area contributed by atoms with Crippen LogP contribution in [0.4, 0.5) is 0 Å². The highest BCUT2D eigenvalue weighted by Crippen LogP contribution is 1.97. The molecule has 108 valence electrons. The van der Waals surface area contributed by atoms with Crippen LogP contribution in [0.1, 0.15) is 13.8 Å². The summed E-state index contributed by atoms with van der Waals surface area (Å²) in [6, 6.07) is 0. The molecule has 0 aliphatic carbocycles. The fraction of sp³-hybridized carbons (Fsp3) is 0.500. The third kappa shape index (κ3) is 3.21. The number of hydrogen-bond acceptors (Lipinski definition) is 5. The third-order valence-electron chi connectivity index (χ3n) is 3.04. The van der Waals surface area contributed by atoms with Crippen molar-refractivity contribution in [2.24, 2.45) is 0 Å². The van der Waals surface area contributed by atoms with Gasteiger partial charge in [0, 0.05) is 0 Å². The number of carbonyl (C=O) groups is 1. The number of likely N-dealkylation sites (N-methyl/N-ethyl adjacent to an activating group) is 1. The van der Waals surface area contributed by atoms with Gasteiger partial charge in [-0.05, 0) is 13.1 Å². The maximum atomic E-state index is 11.7. The van der Waals surface area contributed by atoms with Crippen molar-refractivity contribution in [3.63, 3.8) is 0 Å². The summed E-state index contributed by atoms with van der Waals surface area (Å²) >= 11 is 0. The van der Waals surface area contributed by atoms with E-state index in [1.54, 1.807) is 6.20 Å². The standard InChI is InChI=1S/C12H17N5O3/c1-3-16(4-2)6-10(18)20-8-17-5-9-11(15-17)13-7-14-12(9)19/h5,7H,3-4,6,8H2,1-2H3,(H,13,14,15,19)/p+1. The molecule has 0 saturated carbocycles. The maximum absolute atomic E-state index is 11.7. The van der Waals surface area contributed by atoms with Crippen molar-refractivity contribution in [2.45, 2.75) is 20.6 Å². The molecule has 0 unspecified atom stereocenters. The van der Waals surface area contributed by atoms with Gasteiger partial charge in [0.1, 0.15) is 0 Å². The zero-order valence-corrected chi connectivity index (χ0v) is 11.5. The molecule has 20 heavy (non-hydrogen) atoms. The molecule has 2 heterocycles. The van der Waals surface area contributed by atoms with E-state index < -0.39 is 0 Å². The van der Waals surface area contributed by atoms with Crippen LogP contribution in [-0.2, 0) is 16.3 Å². The molecule has 0 fully saturated rings. The number of fused-ring (bicyclic) bond motifs is 1. The molecule has 2 aromatic rings. The number of ether oxygens (including phenoxy) is 1. The number of carbonyl (C=O) groups excluding carboxylic acids is 1. The Labute approximate surface area is 115 Å². The molecule has 8 heteroatoms. The third-order valence-corrected chi connectivity index (χ3v) is 3.04. The summed E-state index contributed by atoms with van der Waals surface area (Å²) in [4.78, 5) is 31.6. The van der Waals surface area contributed by atoms with Gasteiger partial charge in [-0.15, -0.1) is 5.10 Å². The highest BCUT2D eigenvalue weighted by atomic mass is 16.5. The zero-order chi connectivity index (χ0) is 14.5. The van der Waals surface area contributed by atoms with Crippen molar-refractivity contribution in [3.05, 3.63) is 22.9 Å². The topological polar surface area (TPSA) is 95.0 Å². The molecule has 0 aliphatic rings. The van der Waals surface area contributed by atoms with Crippen LogP contribution < -0.4 is 10.2 Å². The Morgan fingerprint density at radius 2 is 2.20 bits per heavy atom. The molecule has 0 bridgehead atoms. The summed E-state index contributed by atoms with van der Waals surface area (Å²) in [6.45, 7) is 5.85. The van der Waals surface area contributed by atoms with Crippen molar-refractivity contribution in [1.82, 2.24) is 20.0 Å². The molecule has 2 N–H and O–H groups in total. The minimum absolute atomic E-state index is 0.0237. The number of rotatable bonds is 6. The van der Waals surface area contributed by atoms with E-state index in [2.05, 4.69) is 15.1 Å². The predicted molar refractivity (Wildman–Crippen MR) is 70.8 cm³/mol. The molecule has 0 saturated heterocycles. The lowest BCUT2D eigenvalue weighted by Gasteiger charge is -2.15. The minimum atomic E-state index is -0.304. The summed E-state index contributed by atoms with van der Waals surface area (Å²) in [5.74, 6) is -0.304. The molecule has 0 aliphatic heterocycles. The first kappa shape index (κ1) is 14.2. The van der Waals surface area contributed by atoms with Crippen molar-refractivity contribution in [3.8, 4) is 0 Å². The van der Waals surface area contributed by atoms with Gasteiger partial charge < -0.3 is 9.72 Å². The number of hydrogen-bond donors (Lipinski definition) is 2. The van der Waals surface area contributed by atoms with Gasteiger partial charge >= 0.3 is 12.7 Å². The Hall–Kier alpha value is -2.22. The Morgan fingerprint density at radius 3 is 2.85 bits per heavy atom. The van der Waals surface area contributed by atoms with Gasteiger partial charge in [0.2, 0.25) is 11.8 Å². The molecule has 0 radical (unpaired) electrons. The average Bonchev–Trinajstić information content (AvgIpc) is 2.87. The van der Waals surface area contributed by atoms with E-state index in [9.17, 15) is 9.59 Å². The van der Waals surface area contributed by atoms with Crippen LogP contribution in [-0.4, -0.2) is 45.6 Å². The van der Waals surface area contributed by atoms with E-state index in [1.807, 2.05) is 18.7 Å². The van der Waals surface area contributed by atoms with Crippen molar-refractivity contribution < 1.29 is 14.2 Å². The molecular formula is C12H18N5O3+.